The van der Waals surface area contributed by atoms with E-state index in [0.717, 1.165) is 29.6 Å². The summed E-state index contributed by atoms with van der Waals surface area (Å²) in [7, 11) is 0. The number of fused-ring (bicyclic) bond motifs is 2. The van der Waals surface area contributed by atoms with Crippen molar-refractivity contribution in [3.63, 3.8) is 0 Å². The predicted molar refractivity (Wildman–Crippen MR) is 48.6 cm³/mol. The average Bonchev–Trinajstić information content (AvgIpc) is 2.66. The third-order valence-electron chi connectivity index (χ3n) is 5.15. The van der Waals surface area contributed by atoms with Gasteiger partial charge < -0.3 is 0 Å². The molecule has 4 aliphatic rings. The van der Waals surface area contributed by atoms with Crippen LogP contribution in [0.25, 0.3) is 0 Å². The molecule has 0 aromatic carbocycles. The lowest BCUT2D eigenvalue weighted by molar-refractivity contribution is 0.226. The van der Waals surface area contributed by atoms with Crippen LogP contribution >= 0.6 is 0 Å². The Balaban J connectivity index is 1.91. The zero-order valence-electron chi connectivity index (χ0n) is 7.50. The van der Waals surface area contributed by atoms with E-state index in [9.17, 15) is 0 Å². The Morgan fingerprint density at radius 3 is 3.08 bits per heavy atom. The third-order valence-corrected chi connectivity index (χ3v) is 5.15. The maximum Gasteiger partial charge on any atom is -0.0141 e. The quantitative estimate of drug-likeness (QED) is 0.478. The summed E-state index contributed by atoms with van der Waals surface area (Å²) in [5.74, 6) is 5.71. The second-order valence-electron chi connectivity index (χ2n) is 5.41. The normalized spacial score (nSPS) is 59.3. The molecule has 2 bridgehead atoms. The molecular weight excluding hydrogens is 144 g/mol. The van der Waals surface area contributed by atoms with Gasteiger partial charge in [-0.25, -0.2) is 0 Å². The zero-order chi connectivity index (χ0) is 7.71. The van der Waals surface area contributed by atoms with Crippen LogP contribution < -0.4 is 0 Å². The van der Waals surface area contributed by atoms with Gasteiger partial charge in [0.15, 0.2) is 0 Å². The van der Waals surface area contributed by atoms with E-state index in [1.165, 1.54) is 19.3 Å². The van der Waals surface area contributed by atoms with Gasteiger partial charge in [0.25, 0.3) is 0 Å². The summed E-state index contributed by atoms with van der Waals surface area (Å²) in [4.78, 5) is 0. The summed E-state index contributed by atoms with van der Waals surface area (Å²) >= 11 is 0. The predicted octanol–water partition coefficient (Wildman–Crippen LogP) is 3.00. The van der Waals surface area contributed by atoms with Gasteiger partial charge in [0, 0.05) is 0 Å². The Labute approximate surface area is 74.0 Å². The van der Waals surface area contributed by atoms with Crippen molar-refractivity contribution in [1.82, 2.24) is 0 Å². The van der Waals surface area contributed by atoms with E-state index in [4.69, 9.17) is 0 Å². The summed E-state index contributed by atoms with van der Waals surface area (Å²) in [6, 6.07) is 0. The van der Waals surface area contributed by atoms with Gasteiger partial charge in [-0.3, -0.25) is 0 Å². The lowest BCUT2D eigenvalue weighted by atomic mass is 9.74. The van der Waals surface area contributed by atoms with Crippen LogP contribution in [0.2, 0.25) is 0 Å². The van der Waals surface area contributed by atoms with Crippen molar-refractivity contribution in [1.29, 1.82) is 0 Å². The van der Waals surface area contributed by atoms with Crippen molar-refractivity contribution in [3.05, 3.63) is 11.6 Å². The molecule has 4 rings (SSSR count). The average molecular weight is 160 g/mol. The fraction of sp³-hybridized carbons (Fsp3) is 0.833. The fourth-order valence-electron chi connectivity index (χ4n) is 4.92. The molecule has 64 valence electrons. The topological polar surface area (TPSA) is 0 Å². The fourth-order valence-corrected chi connectivity index (χ4v) is 4.92. The minimum absolute atomic E-state index is 1.10. The van der Waals surface area contributed by atoms with Crippen molar-refractivity contribution in [2.24, 2.45) is 29.6 Å². The molecule has 0 aromatic heterocycles. The number of rotatable bonds is 0. The molecule has 0 amide bonds. The van der Waals surface area contributed by atoms with Gasteiger partial charge in [0.2, 0.25) is 0 Å². The van der Waals surface area contributed by atoms with E-state index in [1.54, 1.807) is 12.8 Å². The minimum atomic E-state index is 1.10. The van der Waals surface area contributed by atoms with Crippen LogP contribution in [0, 0.1) is 29.6 Å². The summed E-state index contributed by atoms with van der Waals surface area (Å²) in [5, 5.41) is 0. The van der Waals surface area contributed by atoms with Crippen molar-refractivity contribution in [3.8, 4) is 0 Å². The maximum absolute atomic E-state index is 2.59. The molecule has 12 heavy (non-hydrogen) atoms. The molecular formula is C12H16. The minimum Gasteiger partial charge on any atom is -0.0850 e. The molecule has 0 radical (unpaired) electrons. The third kappa shape index (κ3) is 0.522. The van der Waals surface area contributed by atoms with Gasteiger partial charge in [-0.15, -0.1) is 0 Å². The van der Waals surface area contributed by atoms with Crippen molar-refractivity contribution in [2.45, 2.75) is 32.1 Å². The molecule has 0 N–H and O–H groups in total. The van der Waals surface area contributed by atoms with Crippen LogP contribution in [0.15, 0.2) is 11.6 Å². The number of allylic oxidation sites excluding steroid dienone is 2. The first kappa shape index (κ1) is 6.23. The first-order valence-electron chi connectivity index (χ1n) is 5.62. The highest BCUT2D eigenvalue weighted by Gasteiger charge is 2.57. The van der Waals surface area contributed by atoms with Gasteiger partial charge in [0.1, 0.15) is 0 Å². The van der Waals surface area contributed by atoms with Crippen LogP contribution in [0.1, 0.15) is 32.1 Å². The summed E-state index contributed by atoms with van der Waals surface area (Å²) in [6.45, 7) is 0. The second-order valence-corrected chi connectivity index (χ2v) is 5.41. The Bertz CT molecular complexity index is 261. The Hall–Kier alpha value is -0.260. The Morgan fingerprint density at radius 2 is 2.08 bits per heavy atom. The molecule has 3 fully saturated rings. The van der Waals surface area contributed by atoms with Gasteiger partial charge in [-0.1, -0.05) is 11.6 Å². The zero-order valence-corrected chi connectivity index (χ0v) is 7.50. The largest absolute Gasteiger partial charge is 0.0850 e. The molecule has 5 atom stereocenters. The van der Waals surface area contributed by atoms with E-state index >= 15 is 0 Å². The van der Waals surface area contributed by atoms with Crippen LogP contribution in [-0.2, 0) is 0 Å². The van der Waals surface area contributed by atoms with Crippen LogP contribution in [0.3, 0.4) is 0 Å². The first-order valence-corrected chi connectivity index (χ1v) is 5.62. The van der Waals surface area contributed by atoms with E-state index in [0.29, 0.717) is 0 Å². The SMILES string of the molecule is C1=C2CC3CC4CC3C2C4CC1. The van der Waals surface area contributed by atoms with E-state index < -0.39 is 0 Å². The summed E-state index contributed by atoms with van der Waals surface area (Å²) in [5.41, 5.74) is 1.89. The lowest BCUT2D eigenvalue weighted by Crippen LogP contribution is -2.23. The maximum atomic E-state index is 2.59. The summed E-state index contributed by atoms with van der Waals surface area (Å²) < 4.78 is 0. The van der Waals surface area contributed by atoms with Gasteiger partial charge in [-0.05, 0) is 61.7 Å². The highest BCUT2D eigenvalue weighted by Crippen LogP contribution is 2.66. The highest BCUT2D eigenvalue weighted by atomic mass is 14.6. The molecule has 0 aliphatic heterocycles. The molecule has 0 heterocycles. The molecule has 0 heteroatoms. The van der Waals surface area contributed by atoms with Gasteiger partial charge in [-0.2, -0.15) is 0 Å². The van der Waals surface area contributed by atoms with E-state index in [1.807, 2.05) is 5.57 Å². The first-order chi connectivity index (χ1) is 5.93. The van der Waals surface area contributed by atoms with Gasteiger partial charge >= 0.3 is 0 Å². The second kappa shape index (κ2) is 1.81. The molecule has 0 aromatic rings. The summed E-state index contributed by atoms with van der Waals surface area (Å²) in [6.07, 6.45) is 10.2. The standard InChI is InChI=1S/C12H16/c1-2-7-4-8-5-9-6-11(8)12(7)10(9)3-1/h2,8-12H,1,3-6H2. The highest BCUT2D eigenvalue weighted by molar-refractivity contribution is 5.26. The molecule has 5 unspecified atom stereocenters. The Kier molecular flexibility index (Phi) is 0.939. The van der Waals surface area contributed by atoms with E-state index in [-0.39, 0.29) is 0 Å². The number of hydrogen-bond acceptors (Lipinski definition) is 0. The molecule has 3 saturated carbocycles. The van der Waals surface area contributed by atoms with E-state index in [2.05, 4.69) is 6.08 Å². The molecule has 0 nitrogen and oxygen atoms in total. The number of hydrogen-bond donors (Lipinski definition) is 0. The van der Waals surface area contributed by atoms with Gasteiger partial charge in [0.05, 0.1) is 0 Å². The monoisotopic (exact) mass is 160 g/mol. The Morgan fingerprint density at radius 1 is 1.08 bits per heavy atom. The van der Waals surface area contributed by atoms with Crippen LogP contribution in [0.5, 0.6) is 0 Å². The smallest absolute Gasteiger partial charge is 0.0141 e. The molecule has 4 aliphatic carbocycles. The van der Waals surface area contributed by atoms with Crippen LogP contribution in [-0.4, -0.2) is 0 Å². The van der Waals surface area contributed by atoms with Crippen molar-refractivity contribution in [2.75, 3.05) is 0 Å². The van der Waals surface area contributed by atoms with Crippen LogP contribution in [0.4, 0.5) is 0 Å². The lowest BCUT2D eigenvalue weighted by Gasteiger charge is -2.30. The van der Waals surface area contributed by atoms with Crippen molar-refractivity contribution < 1.29 is 0 Å². The molecule has 0 spiro atoms. The van der Waals surface area contributed by atoms with Crippen molar-refractivity contribution >= 4 is 0 Å². The molecule has 0 saturated heterocycles.